The number of hydrogen-bond donors (Lipinski definition) is 0. The molecule has 1 atom stereocenters. The molecule has 6 nitrogen and oxygen atoms in total. The molecule has 0 spiro atoms. The van der Waals surface area contributed by atoms with Crippen molar-refractivity contribution in [3.05, 3.63) is 53.1 Å². The number of aryl methyl sites for hydroxylation is 1. The van der Waals surface area contributed by atoms with Gasteiger partial charge in [-0.2, -0.15) is 0 Å². The maximum Gasteiger partial charge on any atom is 0.259 e. The quantitative estimate of drug-likeness (QED) is 0.699. The molecule has 2 aliphatic rings. The van der Waals surface area contributed by atoms with Gasteiger partial charge in [0, 0.05) is 24.4 Å². The van der Waals surface area contributed by atoms with E-state index in [1.54, 1.807) is 6.20 Å². The first-order valence-corrected chi connectivity index (χ1v) is 9.71. The monoisotopic (exact) mass is 362 g/mol. The van der Waals surface area contributed by atoms with Crippen LogP contribution in [-0.4, -0.2) is 32.5 Å². The third-order valence-electron chi connectivity index (χ3n) is 5.66. The summed E-state index contributed by atoms with van der Waals surface area (Å²) < 4.78 is 5.41. The van der Waals surface area contributed by atoms with E-state index in [1.807, 2.05) is 36.1 Å². The summed E-state index contributed by atoms with van der Waals surface area (Å²) in [5.74, 6) is 0.477. The summed E-state index contributed by atoms with van der Waals surface area (Å²) in [4.78, 5) is 24.7. The number of nitrogens with zero attached hydrogens (tertiary/aromatic N) is 4. The zero-order valence-corrected chi connectivity index (χ0v) is 15.4. The lowest BCUT2D eigenvalue weighted by Crippen LogP contribution is -2.39. The van der Waals surface area contributed by atoms with E-state index < -0.39 is 0 Å². The van der Waals surface area contributed by atoms with E-state index >= 15 is 0 Å². The topological polar surface area (TPSA) is 72.1 Å². The Morgan fingerprint density at radius 2 is 2.07 bits per heavy atom. The van der Waals surface area contributed by atoms with Crippen molar-refractivity contribution in [3.63, 3.8) is 0 Å². The van der Waals surface area contributed by atoms with Crippen molar-refractivity contribution in [2.75, 3.05) is 6.54 Å². The molecule has 1 saturated heterocycles. The average molecular weight is 362 g/mol. The standard InChI is InChI=1S/C21H22N4O2/c1-13-19-15(12-17(14-8-9-14)23-20(19)27-24-13)21(26)25-11-5-3-7-18(25)16-6-2-4-10-22-16/h2,4,6,10,12,14,18H,3,5,7-9,11H2,1H3. The summed E-state index contributed by atoms with van der Waals surface area (Å²) in [5.41, 5.74) is 3.78. The second-order valence-electron chi connectivity index (χ2n) is 7.58. The Morgan fingerprint density at radius 1 is 1.19 bits per heavy atom. The van der Waals surface area contributed by atoms with Crippen LogP contribution in [0, 0.1) is 6.92 Å². The number of amides is 1. The summed E-state index contributed by atoms with van der Waals surface area (Å²) in [6.07, 6.45) is 7.11. The Morgan fingerprint density at radius 3 is 2.85 bits per heavy atom. The molecule has 0 radical (unpaired) electrons. The van der Waals surface area contributed by atoms with E-state index in [-0.39, 0.29) is 11.9 Å². The minimum absolute atomic E-state index is 0.0141. The van der Waals surface area contributed by atoms with Crippen LogP contribution in [-0.2, 0) is 0 Å². The Hall–Kier alpha value is -2.76. The van der Waals surface area contributed by atoms with Gasteiger partial charge in [-0.05, 0) is 57.2 Å². The van der Waals surface area contributed by atoms with Crippen molar-refractivity contribution in [3.8, 4) is 0 Å². The van der Waals surface area contributed by atoms with Crippen LogP contribution < -0.4 is 0 Å². The third-order valence-corrected chi connectivity index (χ3v) is 5.66. The smallest absolute Gasteiger partial charge is 0.259 e. The molecule has 138 valence electrons. The molecule has 6 heteroatoms. The van der Waals surface area contributed by atoms with Gasteiger partial charge in [-0.3, -0.25) is 9.78 Å². The third kappa shape index (κ3) is 2.89. The fourth-order valence-corrected chi connectivity index (χ4v) is 4.08. The number of fused-ring (bicyclic) bond motifs is 1. The number of likely N-dealkylation sites (tertiary alicyclic amines) is 1. The Kier molecular flexibility index (Phi) is 3.92. The van der Waals surface area contributed by atoms with Gasteiger partial charge in [0.05, 0.1) is 28.4 Å². The summed E-state index contributed by atoms with van der Waals surface area (Å²) in [6, 6.07) is 7.89. The van der Waals surface area contributed by atoms with E-state index in [9.17, 15) is 4.79 Å². The first kappa shape index (κ1) is 16.4. The highest BCUT2D eigenvalue weighted by Crippen LogP contribution is 2.41. The summed E-state index contributed by atoms with van der Waals surface area (Å²) in [5, 5.41) is 4.81. The lowest BCUT2D eigenvalue weighted by atomic mass is 9.97. The normalized spacial score (nSPS) is 20.2. The molecule has 3 aromatic rings. The van der Waals surface area contributed by atoms with E-state index in [0.717, 1.165) is 61.1 Å². The molecule has 2 fully saturated rings. The predicted molar refractivity (Wildman–Crippen MR) is 100 cm³/mol. The molecule has 0 bridgehead atoms. The van der Waals surface area contributed by atoms with E-state index in [4.69, 9.17) is 4.52 Å². The molecule has 1 saturated carbocycles. The molecule has 5 rings (SSSR count). The Balaban J connectivity index is 1.59. The zero-order valence-electron chi connectivity index (χ0n) is 15.4. The molecule has 3 aromatic heterocycles. The largest absolute Gasteiger partial charge is 0.336 e. The number of pyridine rings is 2. The second kappa shape index (κ2) is 6.44. The zero-order chi connectivity index (χ0) is 18.4. The summed E-state index contributed by atoms with van der Waals surface area (Å²) in [7, 11) is 0. The maximum absolute atomic E-state index is 13.6. The van der Waals surface area contributed by atoms with E-state index in [2.05, 4.69) is 15.1 Å². The van der Waals surface area contributed by atoms with Crippen molar-refractivity contribution in [2.45, 2.75) is 51.0 Å². The number of hydrogen-bond acceptors (Lipinski definition) is 5. The number of carbonyl (C=O) groups excluding carboxylic acids is 1. The molecule has 0 N–H and O–H groups in total. The van der Waals surface area contributed by atoms with Gasteiger partial charge in [-0.25, -0.2) is 4.98 Å². The van der Waals surface area contributed by atoms with Crippen LogP contribution in [0.25, 0.3) is 11.1 Å². The fourth-order valence-electron chi connectivity index (χ4n) is 4.08. The van der Waals surface area contributed by atoms with Crippen LogP contribution in [0.3, 0.4) is 0 Å². The average Bonchev–Trinajstić information content (AvgIpc) is 3.51. The number of rotatable bonds is 3. The van der Waals surface area contributed by atoms with Gasteiger partial charge >= 0.3 is 0 Å². The molecular weight excluding hydrogens is 340 g/mol. The Bertz CT molecular complexity index is 994. The predicted octanol–water partition coefficient (Wildman–Crippen LogP) is 4.17. The first-order chi connectivity index (χ1) is 13.2. The van der Waals surface area contributed by atoms with Crippen LogP contribution in [0.15, 0.2) is 35.0 Å². The number of piperidine rings is 1. The van der Waals surface area contributed by atoms with Gasteiger partial charge in [0.15, 0.2) is 0 Å². The molecule has 1 aliphatic heterocycles. The van der Waals surface area contributed by atoms with E-state index in [0.29, 0.717) is 17.2 Å². The lowest BCUT2D eigenvalue weighted by molar-refractivity contribution is 0.0608. The Labute approximate surface area is 157 Å². The van der Waals surface area contributed by atoms with E-state index in [1.165, 1.54) is 0 Å². The van der Waals surface area contributed by atoms with Crippen molar-refractivity contribution >= 4 is 17.0 Å². The molecule has 27 heavy (non-hydrogen) atoms. The van der Waals surface area contributed by atoms with Gasteiger partial charge in [0.25, 0.3) is 11.6 Å². The SMILES string of the molecule is Cc1noc2nc(C3CC3)cc(C(=O)N3CCCCC3c3ccccn3)c12. The van der Waals surface area contributed by atoms with Gasteiger partial charge in [0.2, 0.25) is 0 Å². The maximum atomic E-state index is 13.6. The van der Waals surface area contributed by atoms with Crippen LogP contribution >= 0.6 is 0 Å². The van der Waals surface area contributed by atoms with Crippen molar-refractivity contribution < 1.29 is 9.32 Å². The summed E-state index contributed by atoms with van der Waals surface area (Å²) in [6.45, 7) is 2.61. The second-order valence-corrected chi connectivity index (χ2v) is 7.58. The van der Waals surface area contributed by atoms with Crippen LogP contribution in [0.1, 0.15) is 71.5 Å². The fraction of sp³-hybridized carbons (Fsp3) is 0.429. The van der Waals surface area contributed by atoms with Crippen molar-refractivity contribution in [1.82, 2.24) is 20.0 Å². The highest BCUT2D eigenvalue weighted by atomic mass is 16.5. The molecule has 0 aromatic carbocycles. The first-order valence-electron chi connectivity index (χ1n) is 9.71. The van der Waals surface area contributed by atoms with Crippen LogP contribution in [0.5, 0.6) is 0 Å². The molecular formula is C21H22N4O2. The minimum atomic E-state index is 0.0141. The van der Waals surface area contributed by atoms with Crippen molar-refractivity contribution in [2.24, 2.45) is 0 Å². The van der Waals surface area contributed by atoms with Gasteiger partial charge in [-0.1, -0.05) is 11.2 Å². The molecule has 1 unspecified atom stereocenters. The van der Waals surface area contributed by atoms with Gasteiger partial charge in [0.1, 0.15) is 0 Å². The highest BCUT2D eigenvalue weighted by molar-refractivity contribution is 6.06. The number of carbonyl (C=O) groups is 1. The highest BCUT2D eigenvalue weighted by Gasteiger charge is 2.33. The molecule has 1 aliphatic carbocycles. The molecule has 4 heterocycles. The number of aromatic nitrogens is 3. The minimum Gasteiger partial charge on any atom is -0.336 e. The van der Waals surface area contributed by atoms with Gasteiger partial charge < -0.3 is 9.42 Å². The van der Waals surface area contributed by atoms with Gasteiger partial charge in [-0.15, -0.1) is 0 Å². The molecule has 1 amide bonds. The lowest BCUT2D eigenvalue weighted by Gasteiger charge is -2.35. The van der Waals surface area contributed by atoms with Crippen LogP contribution in [0.2, 0.25) is 0 Å². The van der Waals surface area contributed by atoms with Crippen molar-refractivity contribution in [1.29, 1.82) is 0 Å². The summed E-state index contributed by atoms with van der Waals surface area (Å²) >= 11 is 0. The van der Waals surface area contributed by atoms with Crippen LogP contribution in [0.4, 0.5) is 0 Å².